The van der Waals surface area contributed by atoms with Crippen LogP contribution >= 0.6 is 0 Å². The Balaban J connectivity index is 2.07. The van der Waals surface area contributed by atoms with E-state index in [1.165, 1.54) is 25.3 Å². The molecule has 0 bridgehead atoms. The molecule has 0 aromatic heterocycles. The third kappa shape index (κ3) is 3.50. The number of fused-ring (bicyclic) bond motifs is 1. The van der Waals surface area contributed by atoms with Crippen LogP contribution in [0.15, 0.2) is 36.1 Å². The average Bonchev–Trinajstić information content (AvgIpc) is 2.90. The summed E-state index contributed by atoms with van der Waals surface area (Å²) in [5.74, 6) is -1.52. The molecule has 1 heterocycles. The molecule has 0 saturated heterocycles. The topological polar surface area (TPSA) is 108 Å². The van der Waals surface area contributed by atoms with Crippen LogP contribution in [0.3, 0.4) is 0 Å². The standard InChI is InChI=1S/C17H11F2NO7/c1-25-13-4-8(11(20(23)24)7-14(13)27-17(18)19)5-15-16(22)10-3-2-9(21)6-12(10)26-15/h2-7,17,21H,1H3/b15-5-. The molecule has 0 aliphatic carbocycles. The molecule has 3 rings (SSSR count). The second-order valence-electron chi connectivity index (χ2n) is 5.32. The van der Waals surface area contributed by atoms with E-state index in [1.807, 2.05) is 0 Å². The van der Waals surface area contributed by atoms with Crippen LogP contribution in [0.4, 0.5) is 14.5 Å². The predicted molar refractivity (Wildman–Crippen MR) is 87.3 cm³/mol. The van der Waals surface area contributed by atoms with E-state index in [-0.39, 0.29) is 34.1 Å². The van der Waals surface area contributed by atoms with Crippen LogP contribution in [0.2, 0.25) is 0 Å². The smallest absolute Gasteiger partial charge is 0.387 e. The normalized spacial score (nSPS) is 14.2. The minimum atomic E-state index is -3.20. The number of benzene rings is 2. The Morgan fingerprint density at radius 1 is 1.26 bits per heavy atom. The van der Waals surface area contributed by atoms with Crippen molar-refractivity contribution in [2.24, 2.45) is 0 Å². The Hall–Kier alpha value is -3.69. The molecule has 1 aliphatic heterocycles. The summed E-state index contributed by atoms with van der Waals surface area (Å²) in [5, 5.41) is 20.8. The lowest BCUT2D eigenvalue weighted by Gasteiger charge is -2.11. The SMILES string of the molecule is COc1cc(/C=C2\Oc3cc(O)ccc3C2=O)c([N+](=O)[O-])cc1OC(F)F. The maximum Gasteiger partial charge on any atom is 0.387 e. The Labute approximate surface area is 150 Å². The number of ether oxygens (including phenoxy) is 3. The van der Waals surface area contributed by atoms with E-state index in [2.05, 4.69) is 4.74 Å². The molecule has 1 aliphatic rings. The number of nitrogens with zero attached hydrogens (tertiary/aromatic N) is 1. The zero-order valence-electron chi connectivity index (χ0n) is 13.6. The first-order valence-corrected chi connectivity index (χ1v) is 7.38. The number of alkyl halides is 2. The van der Waals surface area contributed by atoms with Gasteiger partial charge in [-0.25, -0.2) is 0 Å². The Bertz CT molecular complexity index is 972. The van der Waals surface area contributed by atoms with E-state index < -0.39 is 28.8 Å². The number of Topliss-reactive ketones (excluding diaryl/α,β-unsaturated/α-hetero) is 1. The van der Waals surface area contributed by atoms with Gasteiger partial charge in [0.2, 0.25) is 5.78 Å². The number of rotatable bonds is 5. The number of carbonyl (C=O) groups is 1. The van der Waals surface area contributed by atoms with Gasteiger partial charge in [0, 0.05) is 6.07 Å². The quantitative estimate of drug-likeness (QED) is 0.481. The van der Waals surface area contributed by atoms with Gasteiger partial charge in [0.1, 0.15) is 11.5 Å². The largest absolute Gasteiger partial charge is 0.508 e. The van der Waals surface area contributed by atoms with Gasteiger partial charge in [-0.05, 0) is 24.3 Å². The number of hydrogen-bond acceptors (Lipinski definition) is 7. The number of methoxy groups -OCH3 is 1. The van der Waals surface area contributed by atoms with Gasteiger partial charge in [-0.3, -0.25) is 14.9 Å². The van der Waals surface area contributed by atoms with Gasteiger partial charge < -0.3 is 19.3 Å². The number of phenols is 1. The Morgan fingerprint density at radius 3 is 2.63 bits per heavy atom. The van der Waals surface area contributed by atoms with Crippen molar-refractivity contribution in [2.75, 3.05) is 7.11 Å². The molecule has 27 heavy (non-hydrogen) atoms. The molecule has 0 atom stereocenters. The van der Waals surface area contributed by atoms with Crippen molar-refractivity contribution in [3.05, 3.63) is 57.3 Å². The first kappa shape index (κ1) is 18.1. The van der Waals surface area contributed by atoms with Crippen LogP contribution in [0, 0.1) is 10.1 Å². The van der Waals surface area contributed by atoms with Gasteiger partial charge in [0.15, 0.2) is 17.3 Å². The van der Waals surface area contributed by atoms with Crippen LogP contribution in [0.5, 0.6) is 23.0 Å². The minimum absolute atomic E-state index is 0.0959. The van der Waals surface area contributed by atoms with Crippen LogP contribution in [0.1, 0.15) is 15.9 Å². The molecule has 0 unspecified atom stereocenters. The van der Waals surface area contributed by atoms with Gasteiger partial charge in [0.05, 0.1) is 29.2 Å². The molecule has 1 N–H and O–H groups in total. The van der Waals surface area contributed by atoms with Crippen LogP contribution < -0.4 is 14.2 Å². The maximum atomic E-state index is 12.5. The van der Waals surface area contributed by atoms with E-state index >= 15 is 0 Å². The molecule has 8 nitrogen and oxygen atoms in total. The summed E-state index contributed by atoms with van der Waals surface area (Å²) in [6, 6.07) is 5.73. The molecular formula is C17H11F2NO7. The van der Waals surface area contributed by atoms with Crippen LogP contribution in [-0.2, 0) is 0 Å². The number of aromatic hydroxyl groups is 1. The molecule has 0 radical (unpaired) electrons. The van der Waals surface area contributed by atoms with Gasteiger partial charge in [-0.1, -0.05) is 0 Å². The molecular weight excluding hydrogens is 368 g/mol. The summed E-state index contributed by atoms with van der Waals surface area (Å²) in [6.45, 7) is -3.20. The third-order valence-corrected chi connectivity index (χ3v) is 3.67. The minimum Gasteiger partial charge on any atom is -0.508 e. The van der Waals surface area contributed by atoms with Crippen molar-refractivity contribution < 1.29 is 37.8 Å². The molecule has 0 spiro atoms. The third-order valence-electron chi connectivity index (χ3n) is 3.67. The lowest BCUT2D eigenvalue weighted by molar-refractivity contribution is -0.385. The summed E-state index contributed by atoms with van der Waals surface area (Å²) in [4.78, 5) is 22.9. The monoisotopic (exact) mass is 379 g/mol. The highest BCUT2D eigenvalue weighted by Crippen LogP contribution is 2.39. The van der Waals surface area contributed by atoms with Crippen molar-refractivity contribution in [3.63, 3.8) is 0 Å². The number of carbonyl (C=O) groups excluding carboxylic acids is 1. The predicted octanol–water partition coefficient (Wildman–Crippen LogP) is 3.53. The maximum absolute atomic E-state index is 12.5. The lowest BCUT2D eigenvalue weighted by atomic mass is 10.1. The fraction of sp³-hybridized carbons (Fsp3) is 0.118. The summed E-state index contributed by atoms with van der Waals surface area (Å²) in [7, 11) is 1.17. The number of allylic oxidation sites excluding steroid dienone is 1. The van der Waals surface area contributed by atoms with Crippen molar-refractivity contribution in [2.45, 2.75) is 6.61 Å². The first-order chi connectivity index (χ1) is 12.8. The molecule has 2 aromatic rings. The number of hydrogen-bond donors (Lipinski definition) is 1. The summed E-state index contributed by atoms with van der Waals surface area (Å²) in [6.07, 6.45) is 1.09. The highest BCUT2D eigenvalue weighted by atomic mass is 19.3. The number of phenolic OH excluding ortho intramolecular Hbond substituents is 1. The van der Waals surface area contributed by atoms with Crippen molar-refractivity contribution >= 4 is 17.5 Å². The highest BCUT2D eigenvalue weighted by Gasteiger charge is 2.29. The zero-order valence-corrected chi connectivity index (χ0v) is 13.6. The average molecular weight is 379 g/mol. The fourth-order valence-corrected chi connectivity index (χ4v) is 2.50. The van der Waals surface area contributed by atoms with E-state index in [4.69, 9.17) is 9.47 Å². The summed E-state index contributed by atoms with van der Waals surface area (Å²) in [5.41, 5.74) is -0.528. The van der Waals surface area contributed by atoms with Gasteiger partial charge in [-0.2, -0.15) is 8.78 Å². The number of nitro groups is 1. The first-order valence-electron chi connectivity index (χ1n) is 7.38. The van der Waals surface area contributed by atoms with Gasteiger partial charge >= 0.3 is 6.61 Å². The summed E-state index contributed by atoms with van der Waals surface area (Å²) < 4.78 is 39.5. The van der Waals surface area contributed by atoms with Crippen molar-refractivity contribution in [1.82, 2.24) is 0 Å². The van der Waals surface area contributed by atoms with Crippen LogP contribution in [-0.4, -0.2) is 29.5 Å². The fourth-order valence-electron chi connectivity index (χ4n) is 2.50. The molecule has 2 aromatic carbocycles. The molecule has 140 valence electrons. The van der Waals surface area contributed by atoms with Crippen molar-refractivity contribution in [1.29, 1.82) is 0 Å². The number of ketones is 1. The van der Waals surface area contributed by atoms with E-state index in [0.717, 1.165) is 18.2 Å². The molecule has 0 amide bonds. The second kappa shape index (κ2) is 6.90. The lowest BCUT2D eigenvalue weighted by Crippen LogP contribution is -2.05. The van der Waals surface area contributed by atoms with Gasteiger partial charge in [-0.15, -0.1) is 0 Å². The summed E-state index contributed by atoms with van der Waals surface area (Å²) >= 11 is 0. The van der Waals surface area contributed by atoms with E-state index in [1.54, 1.807) is 0 Å². The molecule has 10 heteroatoms. The Kier molecular flexibility index (Phi) is 4.63. The van der Waals surface area contributed by atoms with Gasteiger partial charge in [0.25, 0.3) is 5.69 Å². The molecule has 0 saturated carbocycles. The van der Waals surface area contributed by atoms with E-state index in [0.29, 0.717) is 0 Å². The van der Waals surface area contributed by atoms with E-state index in [9.17, 15) is 28.8 Å². The highest BCUT2D eigenvalue weighted by molar-refractivity contribution is 6.14. The second-order valence-corrected chi connectivity index (χ2v) is 5.32. The Morgan fingerprint density at radius 2 is 2.00 bits per heavy atom. The number of nitro benzene ring substituents is 1. The molecule has 0 fully saturated rings. The van der Waals surface area contributed by atoms with Crippen LogP contribution in [0.25, 0.3) is 6.08 Å². The zero-order chi connectivity index (χ0) is 19.7. The van der Waals surface area contributed by atoms with Crippen molar-refractivity contribution in [3.8, 4) is 23.0 Å². The number of halogens is 2.